The van der Waals surface area contributed by atoms with Crippen LogP contribution >= 0.6 is 11.6 Å². The highest BCUT2D eigenvalue weighted by Crippen LogP contribution is 2.35. The molecule has 1 aliphatic carbocycles. The van der Waals surface area contributed by atoms with Crippen LogP contribution in [0.4, 0.5) is 0 Å². The van der Waals surface area contributed by atoms with Crippen LogP contribution in [0.2, 0.25) is 5.02 Å². The van der Waals surface area contributed by atoms with E-state index in [4.69, 9.17) is 21.1 Å². The van der Waals surface area contributed by atoms with E-state index in [9.17, 15) is 0 Å². The summed E-state index contributed by atoms with van der Waals surface area (Å²) in [4.78, 5) is 4.36. The maximum Gasteiger partial charge on any atom is 0.213 e. The fraction of sp³-hybridized carbons (Fsp3) is 0.409. The summed E-state index contributed by atoms with van der Waals surface area (Å²) in [7, 11) is 1.67. The fourth-order valence-corrected chi connectivity index (χ4v) is 3.95. The number of benzene rings is 1. The van der Waals surface area contributed by atoms with Gasteiger partial charge in [-0.25, -0.2) is 4.98 Å². The van der Waals surface area contributed by atoms with Gasteiger partial charge in [0.15, 0.2) is 5.82 Å². The zero-order chi connectivity index (χ0) is 20.2. The van der Waals surface area contributed by atoms with Crippen molar-refractivity contribution in [2.75, 3.05) is 7.11 Å². The van der Waals surface area contributed by atoms with Crippen LogP contribution in [0.3, 0.4) is 0 Å². The van der Waals surface area contributed by atoms with Crippen molar-refractivity contribution in [2.24, 2.45) is 0 Å². The summed E-state index contributed by atoms with van der Waals surface area (Å²) in [6.07, 6.45) is 5.95. The fourth-order valence-electron chi connectivity index (χ4n) is 3.82. The molecular weight excluding hydrogens is 388 g/mol. The van der Waals surface area contributed by atoms with Gasteiger partial charge in [-0.15, -0.1) is 10.2 Å². The highest BCUT2D eigenvalue weighted by Gasteiger charge is 2.28. The Labute approximate surface area is 175 Å². The molecule has 3 aromatic rings. The van der Waals surface area contributed by atoms with E-state index in [1.165, 1.54) is 0 Å². The van der Waals surface area contributed by atoms with Crippen LogP contribution < -0.4 is 4.74 Å². The smallest absolute Gasteiger partial charge is 0.213 e. The van der Waals surface area contributed by atoms with Crippen molar-refractivity contribution >= 4 is 11.6 Å². The Hall–Kier alpha value is -2.44. The van der Waals surface area contributed by atoms with Crippen molar-refractivity contribution in [2.45, 2.75) is 51.2 Å². The summed E-state index contributed by atoms with van der Waals surface area (Å²) in [5, 5.41) is 9.62. The van der Waals surface area contributed by atoms with Crippen LogP contribution in [0.5, 0.6) is 5.88 Å². The van der Waals surface area contributed by atoms with Gasteiger partial charge in [0.2, 0.25) is 5.88 Å². The molecule has 0 amide bonds. The number of nitrogens with zero attached hydrogens (tertiary/aromatic N) is 4. The van der Waals surface area contributed by atoms with E-state index in [-0.39, 0.29) is 6.10 Å². The Morgan fingerprint density at radius 1 is 1.03 bits per heavy atom. The molecule has 1 aromatic carbocycles. The van der Waals surface area contributed by atoms with Gasteiger partial charge in [-0.05, 0) is 62.4 Å². The van der Waals surface area contributed by atoms with Crippen LogP contribution in [-0.4, -0.2) is 33.0 Å². The third kappa shape index (κ3) is 4.60. The van der Waals surface area contributed by atoms with E-state index >= 15 is 0 Å². The largest absolute Gasteiger partial charge is 0.474 e. The van der Waals surface area contributed by atoms with Crippen molar-refractivity contribution in [1.29, 1.82) is 0 Å². The number of methoxy groups -OCH3 is 1. The van der Waals surface area contributed by atoms with Gasteiger partial charge >= 0.3 is 0 Å². The van der Waals surface area contributed by atoms with Crippen LogP contribution in [0, 0.1) is 6.92 Å². The first-order valence-electron chi connectivity index (χ1n) is 9.92. The minimum atomic E-state index is 0.187. The third-order valence-electron chi connectivity index (χ3n) is 5.32. The maximum atomic E-state index is 6.08. The molecule has 1 fully saturated rings. The molecule has 0 radical (unpaired) electrons. The van der Waals surface area contributed by atoms with E-state index < -0.39 is 0 Å². The van der Waals surface area contributed by atoms with Gasteiger partial charge < -0.3 is 9.47 Å². The summed E-state index contributed by atoms with van der Waals surface area (Å²) in [5.41, 5.74) is 2.14. The molecule has 0 saturated heterocycles. The number of rotatable bonds is 6. The van der Waals surface area contributed by atoms with Crippen molar-refractivity contribution < 1.29 is 9.47 Å². The number of hydrogen-bond acceptors (Lipinski definition) is 5. The minimum absolute atomic E-state index is 0.187. The Morgan fingerprint density at radius 2 is 1.79 bits per heavy atom. The summed E-state index contributed by atoms with van der Waals surface area (Å²) in [6.45, 7) is 2.43. The van der Waals surface area contributed by atoms with Crippen molar-refractivity contribution in [3.63, 3.8) is 0 Å². The number of aryl methyl sites for hydroxylation is 1. The second-order valence-electron chi connectivity index (χ2n) is 7.48. The Balaban J connectivity index is 1.49. The molecule has 152 valence electrons. The number of ether oxygens (including phenoxy) is 2. The van der Waals surface area contributed by atoms with E-state index in [1.54, 1.807) is 7.11 Å². The van der Waals surface area contributed by atoms with E-state index in [0.29, 0.717) is 23.4 Å². The highest BCUT2D eigenvalue weighted by molar-refractivity contribution is 6.30. The van der Waals surface area contributed by atoms with Gasteiger partial charge in [0, 0.05) is 36.0 Å². The lowest BCUT2D eigenvalue weighted by Gasteiger charge is -2.28. The molecule has 4 rings (SSSR count). The molecule has 0 N–H and O–H groups in total. The first-order valence-corrected chi connectivity index (χ1v) is 10.3. The first-order chi connectivity index (χ1) is 14.1. The van der Waals surface area contributed by atoms with Gasteiger partial charge in [0.1, 0.15) is 18.5 Å². The summed E-state index contributed by atoms with van der Waals surface area (Å²) >= 11 is 6.07. The summed E-state index contributed by atoms with van der Waals surface area (Å²) in [5.74, 6) is 2.80. The second-order valence-corrected chi connectivity index (χ2v) is 7.92. The first kappa shape index (κ1) is 19.9. The predicted molar refractivity (Wildman–Crippen MR) is 112 cm³/mol. The SMILES string of the molecule is COCc1nnc([C@H]2CC[C@H](Oc3ccc(C)cn3)CC2)n1-c1ccc(Cl)cc1. The average molecular weight is 413 g/mol. The Bertz CT molecular complexity index is 932. The molecule has 0 bridgehead atoms. The van der Waals surface area contributed by atoms with Crippen LogP contribution in [-0.2, 0) is 11.3 Å². The average Bonchev–Trinajstić information content (AvgIpc) is 3.15. The number of halogens is 1. The standard InChI is InChI=1S/C22H25ClN4O2/c1-15-3-12-21(24-13-15)29-19-10-4-16(5-11-19)22-26-25-20(14-28-2)27(22)18-8-6-17(23)7-9-18/h3,6-9,12-13,16,19H,4-5,10-11,14H2,1-2H3/t16-,19-. The van der Waals surface area contributed by atoms with E-state index in [1.807, 2.05) is 49.5 Å². The number of aromatic nitrogens is 4. The molecule has 7 heteroatoms. The monoisotopic (exact) mass is 412 g/mol. The lowest BCUT2D eigenvalue weighted by molar-refractivity contribution is 0.138. The second kappa shape index (κ2) is 8.93. The highest BCUT2D eigenvalue weighted by atomic mass is 35.5. The molecule has 2 aromatic heterocycles. The third-order valence-corrected chi connectivity index (χ3v) is 5.58. The Morgan fingerprint density at radius 3 is 2.45 bits per heavy atom. The summed E-state index contributed by atoms with van der Waals surface area (Å²) < 4.78 is 13.5. The molecular formula is C22H25ClN4O2. The zero-order valence-electron chi connectivity index (χ0n) is 16.7. The predicted octanol–water partition coefficient (Wildman–Crippen LogP) is 4.88. The molecule has 0 aliphatic heterocycles. The van der Waals surface area contributed by atoms with Crippen molar-refractivity contribution in [3.05, 3.63) is 64.8 Å². The molecule has 2 heterocycles. The normalized spacial score (nSPS) is 19.3. The maximum absolute atomic E-state index is 6.08. The number of hydrogen-bond donors (Lipinski definition) is 0. The summed E-state index contributed by atoms with van der Waals surface area (Å²) in [6, 6.07) is 11.7. The molecule has 0 unspecified atom stereocenters. The lowest BCUT2D eigenvalue weighted by atomic mass is 9.86. The van der Waals surface area contributed by atoms with Crippen LogP contribution in [0.1, 0.15) is 48.8 Å². The van der Waals surface area contributed by atoms with Crippen LogP contribution in [0.15, 0.2) is 42.6 Å². The molecule has 0 spiro atoms. The van der Waals surface area contributed by atoms with Gasteiger partial charge in [0.05, 0.1) is 0 Å². The van der Waals surface area contributed by atoms with Gasteiger partial charge in [0.25, 0.3) is 0 Å². The minimum Gasteiger partial charge on any atom is -0.474 e. The molecule has 1 aliphatic rings. The van der Waals surface area contributed by atoms with Crippen molar-refractivity contribution in [3.8, 4) is 11.6 Å². The van der Waals surface area contributed by atoms with Gasteiger partial charge in [-0.3, -0.25) is 4.57 Å². The van der Waals surface area contributed by atoms with E-state index in [2.05, 4.69) is 19.7 Å². The van der Waals surface area contributed by atoms with Gasteiger partial charge in [-0.2, -0.15) is 0 Å². The number of pyridine rings is 1. The van der Waals surface area contributed by atoms with Gasteiger partial charge in [-0.1, -0.05) is 17.7 Å². The molecule has 6 nitrogen and oxygen atoms in total. The zero-order valence-corrected chi connectivity index (χ0v) is 17.5. The topological polar surface area (TPSA) is 62.1 Å². The Kier molecular flexibility index (Phi) is 6.11. The molecule has 1 saturated carbocycles. The molecule has 29 heavy (non-hydrogen) atoms. The van der Waals surface area contributed by atoms with E-state index in [0.717, 1.165) is 48.6 Å². The quantitative estimate of drug-likeness (QED) is 0.577. The lowest BCUT2D eigenvalue weighted by Crippen LogP contribution is -2.25. The van der Waals surface area contributed by atoms with Crippen molar-refractivity contribution in [1.82, 2.24) is 19.7 Å². The molecule has 0 atom stereocenters. The van der Waals surface area contributed by atoms with Crippen LogP contribution in [0.25, 0.3) is 5.69 Å².